The first-order valence-electron chi connectivity index (χ1n) is 5.03. The summed E-state index contributed by atoms with van der Waals surface area (Å²) in [5, 5.41) is 0. The lowest BCUT2D eigenvalue weighted by molar-refractivity contribution is -0.141. The molecule has 2 rings (SSSR count). The smallest absolute Gasteiger partial charge is 0.307 e. The molecule has 4 heteroatoms. The van der Waals surface area contributed by atoms with Crippen molar-refractivity contribution >= 4 is 11.8 Å². The molecule has 84 valence electrons. The van der Waals surface area contributed by atoms with E-state index < -0.39 is 12.0 Å². The Balaban J connectivity index is 2.28. The number of carbonyl (C=O) groups excluding carboxylic acids is 2. The first kappa shape index (κ1) is 10.8. The molecule has 1 aromatic rings. The predicted octanol–water partition coefficient (Wildman–Crippen LogP) is 2.02. The van der Waals surface area contributed by atoms with Gasteiger partial charge in [-0.2, -0.15) is 0 Å². The number of cyclic esters (lactones) is 1. The molecule has 1 heterocycles. The van der Waals surface area contributed by atoms with Crippen LogP contribution in [0.2, 0.25) is 0 Å². The van der Waals surface area contributed by atoms with E-state index >= 15 is 0 Å². The Morgan fingerprint density at radius 1 is 1.38 bits per heavy atom. The lowest BCUT2D eigenvalue weighted by Crippen LogP contribution is -2.15. The van der Waals surface area contributed by atoms with Gasteiger partial charge in [-0.05, 0) is 24.6 Å². The maximum absolute atomic E-state index is 12.7. The van der Waals surface area contributed by atoms with E-state index in [0.717, 1.165) is 0 Å². The number of rotatable bonds is 2. The van der Waals surface area contributed by atoms with Crippen LogP contribution in [0.5, 0.6) is 0 Å². The van der Waals surface area contributed by atoms with E-state index in [4.69, 9.17) is 4.74 Å². The molecule has 0 N–H and O–H groups in total. The second kappa shape index (κ2) is 4.04. The van der Waals surface area contributed by atoms with Gasteiger partial charge in [0.15, 0.2) is 0 Å². The van der Waals surface area contributed by atoms with Crippen molar-refractivity contribution < 1.29 is 18.7 Å². The van der Waals surface area contributed by atoms with Crippen LogP contribution in [0, 0.1) is 11.7 Å². The molecule has 0 spiro atoms. The van der Waals surface area contributed by atoms with Crippen molar-refractivity contribution in [2.45, 2.75) is 19.4 Å². The number of ketones is 1. The molecule has 0 bridgehead atoms. The van der Waals surface area contributed by atoms with Gasteiger partial charge in [0.25, 0.3) is 0 Å². The normalized spacial score (nSPS) is 24.2. The van der Waals surface area contributed by atoms with Crippen molar-refractivity contribution in [2.75, 3.05) is 0 Å². The fourth-order valence-corrected chi connectivity index (χ4v) is 1.87. The van der Waals surface area contributed by atoms with Crippen molar-refractivity contribution in [3.8, 4) is 0 Å². The molecule has 1 aliphatic heterocycles. The van der Waals surface area contributed by atoms with Crippen LogP contribution >= 0.6 is 0 Å². The maximum Gasteiger partial charge on any atom is 0.307 e. The van der Waals surface area contributed by atoms with Crippen LogP contribution in [-0.4, -0.2) is 11.8 Å². The lowest BCUT2D eigenvalue weighted by atomic mass is 9.92. The van der Waals surface area contributed by atoms with E-state index in [2.05, 4.69) is 0 Å². The molecule has 16 heavy (non-hydrogen) atoms. The molecule has 1 fully saturated rings. The van der Waals surface area contributed by atoms with E-state index in [1.165, 1.54) is 31.2 Å². The van der Waals surface area contributed by atoms with E-state index in [-0.39, 0.29) is 24.0 Å². The highest BCUT2D eigenvalue weighted by Gasteiger charge is 2.38. The standard InChI is InChI=1S/C12H11FO3/c1-7(14)10-6-11(15)16-12(10)8-2-4-9(13)5-3-8/h2-5,10,12H,6H2,1H3/t10-,12-/m1/s1. The Hall–Kier alpha value is -1.71. The minimum atomic E-state index is -0.564. The summed E-state index contributed by atoms with van der Waals surface area (Å²) in [5.41, 5.74) is 0.660. The third-order valence-corrected chi connectivity index (χ3v) is 2.73. The Kier molecular flexibility index (Phi) is 2.73. The summed E-state index contributed by atoms with van der Waals surface area (Å²) in [4.78, 5) is 22.5. The Labute approximate surface area is 92.2 Å². The van der Waals surface area contributed by atoms with Gasteiger partial charge in [0, 0.05) is 0 Å². The summed E-state index contributed by atoms with van der Waals surface area (Å²) in [7, 11) is 0. The second-order valence-electron chi connectivity index (χ2n) is 3.88. The summed E-state index contributed by atoms with van der Waals surface area (Å²) >= 11 is 0. The first-order chi connectivity index (χ1) is 7.58. The highest BCUT2D eigenvalue weighted by molar-refractivity contribution is 5.86. The van der Waals surface area contributed by atoms with Gasteiger partial charge >= 0.3 is 5.97 Å². The average molecular weight is 222 g/mol. The number of hydrogen-bond donors (Lipinski definition) is 0. The molecule has 1 aromatic carbocycles. The quantitative estimate of drug-likeness (QED) is 0.719. The predicted molar refractivity (Wildman–Crippen MR) is 54.0 cm³/mol. The highest BCUT2D eigenvalue weighted by atomic mass is 19.1. The average Bonchev–Trinajstić information content (AvgIpc) is 2.61. The van der Waals surface area contributed by atoms with Crippen LogP contribution in [0.4, 0.5) is 4.39 Å². The fraction of sp³-hybridized carbons (Fsp3) is 0.333. The van der Waals surface area contributed by atoms with E-state index in [1.54, 1.807) is 0 Å². The lowest BCUT2D eigenvalue weighted by Gasteiger charge is -2.15. The summed E-state index contributed by atoms with van der Waals surface area (Å²) in [6, 6.07) is 5.65. The molecular formula is C12H11FO3. The van der Waals surface area contributed by atoms with Crippen LogP contribution < -0.4 is 0 Å². The summed E-state index contributed by atoms with van der Waals surface area (Å²) in [5.74, 6) is -1.26. The summed E-state index contributed by atoms with van der Waals surface area (Å²) in [6.07, 6.45) is -0.456. The third-order valence-electron chi connectivity index (χ3n) is 2.73. The number of carbonyl (C=O) groups is 2. The Morgan fingerprint density at radius 2 is 2.00 bits per heavy atom. The third kappa shape index (κ3) is 1.96. The van der Waals surface area contributed by atoms with Crippen LogP contribution in [0.25, 0.3) is 0 Å². The van der Waals surface area contributed by atoms with E-state index in [9.17, 15) is 14.0 Å². The van der Waals surface area contributed by atoms with Crippen LogP contribution in [0.1, 0.15) is 25.0 Å². The fourth-order valence-electron chi connectivity index (χ4n) is 1.87. The highest BCUT2D eigenvalue weighted by Crippen LogP contribution is 2.35. The van der Waals surface area contributed by atoms with Gasteiger partial charge < -0.3 is 4.74 Å². The zero-order chi connectivity index (χ0) is 11.7. The molecular weight excluding hydrogens is 211 g/mol. The molecule has 0 unspecified atom stereocenters. The SMILES string of the molecule is CC(=O)[C@H]1CC(=O)O[C@@H]1c1ccc(F)cc1. The summed E-state index contributed by atoms with van der Waals surface area (Å²) < 4.78 is 17.8. The van der Waals surface area contributed by atoms with Crippen molar-refractivity contribution in [1.29, 1.82) is 0 Å². The van der Waals surface area contributed by atoms with Crippen molar-refractivity contribution in [2.24, 2.45) is 5.92 Å². The van der Waals surface area contributed by atoms with Crippen LogP contribution in [-0.2, 0) is 14.3 Å². The van der Waals surface area contributed by atoms with Crippen molar-refractivity contribution in [1.82, 2.24) is 0 Å². The molecule has 2 atom stereocenters. The largest absolute Gasteiger partial charge is 0.457 e. The van der Waals surface area contributed by atoms with Gasteiger partial charge in [-0.3, -0.25) is 9.59 Å². The summed E-state index contributed by atoms with van der Waals surface area (Å²) in [6.45, 7) is 1.43. The molecule has 0 saturated carbocycles. The number of halogens is 1. The molecule has 0 amide bonds. The van der Waals surface area contributed by atoms with Crippen molar-refractivity contribution in [3.63, 3.8) is 0 Å². The van der Waals surface area contributed by atoms with Crippen molar-refractivity contribution in [3.05, 3.63) is 35.6 Å². The molecule has 0 aromatic heterocycles. The zero-order valence-corrected chi connectivity index (χ0v) is 8.77. The number of Topliss-reactive ketones (excluding diaryl/α,β-unsaturated/α-hetero) is 1. The molecule has 0 aliphatic carbocycles. The van der Waals surface area contributed by atoms with Crippen LogP contribution in [0.3, 0.4) is 0 Å². The monoisotopic (exact) mass is 222 g/mol. The minimum absolute atomic E-state index is 0.0832. The van der Waals surface area contributed by atoms with E-state index in [1.807, 2.05) is 0 Å². The van der Waals surface area contributed by atoms with Gasteiger partial charge in [0.2, 0.25) is 0 Å². The topological polar surface area (TPSA) is 43.4 Å². The van der Waals surface area contributed by atoms with Gasteiger partial charge in [0.1, 0.15) is 17.7 Å². The number of esters is 1. The first-order valence-corrected chi connectivity index (χ1v) is 5.03. The van der Waals surface area contributed by atoms with E-state index in [0.29, 0.717) is 5.56 Å². The molecule has 1 saturated heterocycles. The number of ether oxygens (including phenoxy) is 1. The second-order valence-corrected chi connectivity index (χ2v) is 3.88. The molecule has 0 radical (unpaired) electrons. The van der Waals surface area contributed by atoms with Gasteiger partial charge in [-0.1, -0.05) is 12.1 Å². The Bertz CT molecular complexity index is 424. The maximum atomic E-state index is 12.7. The zero-order valence-electron chi connectivity index (χ0n) is 8.77. The number of benzene rings is 1. The van der Waals surface area contributed by atoms with Gasteiger partial charge in [-0.25, -0.2) is 4.39 Å². The minimum Gasteiger partial charge on any atom is -0.457 e. The number of hydrogen-bond acceptors (Lipinski definition) is 3. The Morgan fingerprint density at radius 3 is 2.56 bits per heavy atom. The van der Waals surface area contributed by atoms with Gasteiger partial charge in [0.05, 0.1) is 12.3 Å². The molecule has 1 aliphatic rings. The molecule has 3 nitrogen and oxygen atoms in total. The van der Waals surface area contributed by atoms with Crippen LogP contribution in [0.15, 0.2) is 24.3 Å². The van der Waals surface area contributed by atoms with Gasteiger partial charge in [-0.15, -0.1) is 0 Å².